The van der Waals surface area contributed by atoms with Crippen LogP contribution in [0.15, 0.2) is 63.9 Å². The molecule has 3 rings (SSSR count). The van der Waals surface area contributed by atoms with Gasteiger partial charge in [-0.1, -0.05) is 23.3 Å². The average molecular weight is 371 g/mol. The summed E-state index contributed by atoms with van der Waals surface area (Å²) in [7, 11) is -3.38. The van der Waals surface area contributed by atoms with Gasteiger partial charge < -0.3 is 4.42 Å². The van der Waals surface area contributed by atoms with E-state index in [1.807, 2.05) is 30.3 Å². The van der Waals surface area contributed by atoms with Crippen LogP contribution in [0, 0.1) is 0 Å². The number of benzene rings is 2. The zero-order chi connectivity index (χ0) is 18.7. The summed E-state index contributed by atoms with van der Waals surface area (Å²) in [4.78, 5) is 12.4. The van der Waals surface area contributed by atoms with E-state index in [0.29, 0.717) is 5.89 Å². The molecule has 0 saturated carbocycles. The van der Waals surface area contributed by atoms with Gasteiger partial charge in [-0.2, -0.15) is 0 Å². The molecule has 1 heterocycles. The highest BCUT2D eigenvalue weighted by Crippen LogP contribution is 2.20. The second-order valence-corrected chi connectivity index (χ2v) is 8.35. The second kappa shape index (κ2) is 7.09. The summed E-state index contributed by atoms with van der Waals surface area (Å²) in [5.41, 5.74) is 1.02. The fraction of sp³-hybridized carbons (Fsp3) is 0.167. The van der Waals surface area contributed by atoms with Crippen LogP contribution in [0.1, 0.15) is 24.2 Å². The van der Waals surface area contributed by atoms with Gasteiger partial charge in [-0.25, -0.2) is 8.42 Å². The number of rotatable bonds is 5. The normalized spacial score (nSPS) is 11.5. The van der Waals surface area contributed by atoms with Crippen molar-refractivity contribution in [3.05, 3.63) is 60.2 Å². The molecule has 0 radical (unpaired) electrons. The molecule has 1 N–H and O–H groups in total. The maximum Gasteiger partial charge on any atom is 0.322 e. The van der Waals surface area contributed by atoms with Crippen molar-refractivity contribution in [2.45, 2.75) is 24.0 Å². The van der Waals surface area contributed by atoms with Crippen molar-refractivity contribution < 1.29 is 17.6 Å². The molecule has 1 amide bonds. The minimum atomic E-state index is -3.38. The number of nitrogens with zero attached hydrogens (tertiary/aromatic N) is 2. The van der Waals surface area contributed by atoms with Gasteiger partial charge in [-0.05, 0) is 50.2 Å². The summed E-state index contributed by atoms with van der Waals surface area (Å²) < 4.78 is 29.6. The number of carbonyl (C=O) groups excluding carboxylic acids is 1. The van der Waals surface area contributed by atoms with Gasteiger partial charge >= 0.3 is 6.01 Å². The molecule has 0 aliphatic heterocycles. The van der Waals surface area contributed by atoms with Gasteiger partial charge in [0.25, 0.3) is 5.91 Å². The summed E-state index contributed by atoms with van der Waals surface area (Å²) in [6.07, 6.45) is 0. The molecule has 0 bridgehead atoms. The van der Waals surface area contributed by atoms with E-state index in [-0.39, 0.29) is 16.5 Å². The predicted molar refractivity (Wildman–Crippen MR) is 96.5 cm³/mol. The minimum absolute atomic E-state index is 0.0345. The fourth-order valence-corrected chi connectivity index (χ4v) is 3.27. The molecule has 8 heteroatoms. The van der Waals surface area contributed by atoms with Gasteiger partial charge in [0.2, 0.25) is 5.89 Å². The smallest absolute Gasteiger partial charge is 0.322 e. The van der Waals surface area contributed by atoms with Crippen molar-refractivity contribution in [2.75, 3.05) is 5.32 Å². The third-order valence-corrected chi connectivity index (χ3v) is 5.90. The minimum Gasteiger partial charge on any atom is -0.403 e. The second-order valence-electron chi connectivity index (χ2n) is 5.85. The molecule has 7 nitrogen and oxygen atoms in total. The first kappa shape index (κ1) is 17.8. The maximum atomic E-state index is 12.3. The van der Waals surface area contributed by atoms with E-state index in [4.69, 9.17) is 4.42 Å². The number of sulfone groups is 1. The largest absolute Gasteiger partial charge is 0.403 e. The number of amides is 1. The molecule has 0 atom stereocenters. The molecule has 0 aliphatic carbocycles. The Morgan fingerprint density at radius 2 is 1.65 bits per heavy atom. The lowest BCUT2D eigenvalue weighted by Gasteiger charge is -2.08. The molecule has 26 heavy (non-hydrogen) atoms. The number of aromatic nitrogens is 2. The predicted octanol–water partition coefficient (Wildman–Crippen LogP) is 3.17. The Morgan fingerprint density at radius 1 is 1.00 bits per heavy atom. The lowest BCUT2D eigenvalue weighted by Crippen LogP contribution is -2.15. The third kappa shape index (κ3) is 3.65. The lowest BCUT2D eigenvalue weighted by molar-refractivity contribution is 0.102. The third-order valence-electron chi connectivity index (χ3n) is 3.73. The summed E-state index contributed by atoms with van der Waals surface area (Å²) in [5, 5.41) is 9.65. The summed E-state index contributed by atoms with van der Waals surface area (Å²) >= 11 is 0. The van der Waals surface area contributed by atoms with Gasteiger partial charge in [-0.3, -0.25) is 10.1 Å². The molecule has 2 aromatic carbocycles. The Balaban J connectivity index is 1.74. The van der Waals surface area contributed by atoms with Crippen LogP contribution < -0.4 is 5.32 Å². The van der Waals surface area contributed by atoms with E-state index in [1.165, 1.54) is 24.3 Å². The Hall–Kier alpha value is -3.00. The number of hydrogen-bond donors (Lipinski definition) is 1. The number of nitrogens with one attached hydrogen (secondary N) is 1. The van der Waals surface area contributed by atoms with Gasteiger partial charge in [0.1, 0.15) is 0 Å². The zero-order valence-electron chi connectivity index (χ0n) is 14.2. The Bertz CT molecular complexity index is 1010. The molecule has 134 valence electrons. The van der Waals surface area contributed by atoms with Crippen molar-refractivity contribution in [3.8, 4) is 11.5 Å². The Morgan fingerprint density at radius 3 is 2.27 bits per heavy atom. The van der Waals surface area contributed by atoms with Crippen LogP contribution in [0.25, 0.3) is 11.5 Å². The Labute approximate surface area is 151 Å². The SMILES string of the molecule is CC(C)S(=O)(=O)c1ccc(C(=O)Nc2nnc(-c3ccccc3)o2)cc1. The number of carbonyl (C=O) groups is 1. The van der Waals surface area contributed by atoms with Crippen molar-refractivity contribution in [3.63, 3.8) is 0 Å². The van der Waals surface area contributed by atoms with Crippen LogP contribution in [-0.4, -0.2) is 29.8 Å². The van der Waals surface area contributed by atoms with Crippen LogP contribution in [0.2, 0.25) is 0 Å². The molecular weight excluding hydrogens is 354 g/mol. The first-order valence-electron chi connectivity index (χ1n) is 7.92. The van der Waals surface area contributed by atoms with Crippen LogP contribution in [0.4, 0.5) is 6.01 Å². The molecule has 0 unspecified atom stereocenters. The van der Waals surface area contributed by atoms with Crippen LogP contribution in [0.5, 0.6) is 0 Å². The highest BCUT2D eigenvalue weighted by Gasteiger charge is 2.20. The monoisotopic (exact) mass is 371 g/mol. The Kier molecular flexibility index (Phi) is 4.85. The van der Waals surface area contributed by atoms with Gasteiger partial charge in [-0.15, -0.1) is 5.10 Å². The first-order valence-corrected chi connectivity index (χ1v) is 9.47. The molecule has 0 aliphatic rings. The topological polar surface area (TPSA) is 102 Å². The summed E-state index contributed by atoms with van der Waals surface area (Å²) in [6.45, 7) is 3.21. The molecule has 0 fully saturated rings. The molecule has 0 spiro atoms. The molecule has 1 aromatic heterocycles. The van der Waals surface area contributed by atoms with Crippen molar-refractivity contribution in [1.82, 2.24) is 10.2 Å². The van der Waals surface area contributed by atoms with Gasteiger partial charge in [0.05, 0.1) is 10.1 Å². The fourth-order valence-electron chi connectivity index (χ4n) is 2.21. The lowest BCUT2D eigenvalue weighted by atomic mass is 10.2. The summed E-state index contributed by atoms with van der Waals surface area (Å²) in [5.74, 6) is -0.180. The van der Waals surface area contributed by atoms with Crippen molar-refractivity contribution >= 4 is 21.8 Å². The van der Waals surface area contributed by atoms with Crippen molar-refractivity contribution in [1.29, 1.82) is 0 Å². The van der Waals surface area contributed by atoms with E-state index in [0.717, 1.165) is 5.56 Å². The highest BCUT2D eigenvalue weighted by atomic mass is 32.2. The highest BCUT2D eigenvalue weighted by molar-refractivity contribution is 7.92. The number of anilines is 1. The number of hydrogen-bond acceptors (Lipinski definition) is 6. The molecular formula is C18H17N3O4S. The van der Waals surface area contributed by atoms with E-state index in [1.54, 1.807) is 13.8 Å². The quantitative estimate of drug-likeness (QED) is 0.739. The van der Waals surface area contributed by atoms with E-state index in [9.17, 15) is 13.2 Å². The van der Waals surface area contributed by atoms with E-state index < -0.39 is 21.0 Å². The zero-order valence-corrected chi connectivity index (χ0v) is 15.0. The summed E-state index contributed by atoms with van der Waals surface area (Å²) in [6, 6.07) is 14.8. The average Bonchev–Trinajstić information content (AvgIpc) is 3.11. The van der Waals surface area contributed by atoms with Crippen molar-refractivity contribution in [2.24, 2.45) is 0 Å². The van der Waals surface area contributed by atoms with E-state index >= 15 is 0 Å². The standard InChI is InChI=1S/C18H17N3O4S/c1-12(2)26(23,24)15-10-8-13(9-11-15)16(22)19-18-21-20-17(25-18)14-6-4-3-5-7-14/h3-12H,1-2H3,(H,19,21,22). The molecule has 3 aromatic rings. The van der Waals surface area contributed by atoms with Gasteiger partial charge in [0, 0.05) is 11.1 Å². The van der Waals surface area contributed by atoms with E-state index in [2.05, 4.69) is 15.5 Å². The van der Waals surface area contributed by atoms with Crippen LogP contribution >= 0.6 is 0 Å². The van der Waals surface area contributed by atoms with Gasteiger partial charge in [0.15, 0.2) is 9.84 Å². The first-order chi connectivity index (χ1) is 12.4. The van der Waals surface area contributed by atoms with Crippen LogP contribution in [-0.2, 0) is 9.84 Å². The maximum absolute atomic E-state index is 12.3. The molecule has 0 saturated heterocycles. The van der Waals surface area contributed by atoms with Crippen LogP contribution in [0.3, 0.4) is 0 Å².